The summed E-state index contributed by atoms with van der Waals surface area (Å²) in [5, 5.41) is 10.3. The van der Waals surface area contributed by atoms with Crippen molar-refractivity contribution in [2.75, 3.05) is 12.3 Å². The summed E-state index contributed by atoms with van der Waals surface area (Å²) in [6.45, 7) is 6.56. The molecule has 0 fully saturated rings. The Morgan fingerprint density at radius 1 is 1.47 bits per heavy atom. The highest BCUT2D eigenvalue weighted by Gasteiger charge is 2.28. The largest absolute Gasteiger partial charge is 0.466 e. The van der Waals surface area contributed by atoms with Crippen LogP contribution in [0.2, 0.25) is 0 Å². The standard InChI is InChI=1S/C11H19NO4S/c1-5-17(14,15)12-7-11(4,13)10-6-8(2)16-9(10)3/h6,12-13H,5,7H2,1-4H3. The molecular formula is C11H19NO4S. The van der Waals surface area contributed by atoms with Crippen LogP contribution in [0.4, 0.5) is 0 Å². The fourth-order valence-electron chi connectivity index (χ4n) is 1.61. The lowest BCUT2D eigenvalue weighted by atomic mass is 9.97. The lowest BCUT2D eigenvalue weighted by Crippen LogP contribution is -2.39. The van der Waals surface area contributed by atoms with Gasteiger partial charge in [0.1, 0.15) is 17.1 Å². The van der Waals surface area contributed by atoms with Gasteiger partial charge in [-0.05, 0) is 33.8 Å². The number of nitrogens with one attached hydrogen (secondary N) is 1. The summed E-state index contributed by atoms with van der Waals surface area (Å²) in [6.07, 6.45) is 0. The molecule has 0 aliphatic carbocycles. The first-order chi connectivity index (χ1) is 7.68. The van der Waals surface area contributed by atoms with Crippen LogP contribution in [-0.2, 0) is 15.6 Å². The van der Waals surface area contributed by atoms with E-state index in [1.807, 2.05) is 0 Å². The molecule has 0 spiro atoms. The zero-order valence-electron chi connectivity index (χ0n) is 10.6. The lowest BCUT2D eigenvalue weighted by Gasteiger charge is -2.23. The van der Waals surface area contributed by atoms with E-state index < -0.39 is 15.6 Å². The fraction of sp³-hybridized carbons (Fsp3) is 0.636. The minimum atomic E-state index is -3.31. The van der Waals surface area contributed by atoms with Crippen LogP contribution in [0.3, 0.4) is 0 Å². The van der Waals surface area contributed by atoms with E-state index in [2.05, 4.69) is 4.72 Å². The van der Waals surface area contributed by atoms with E-state index >= 15 is 0 Å². The monoisotopic (exact) mass is 261 g/mol. The molecule has 1 rings (SSSR count). The number of rotatable bonds is 5. The minimum absolute atomic E-state index is 0.00746. The fourth-order valence-corrected chi connectivity index (χ4v) is 2.32. The summed E-state index contributed by atoms with van der Waals surface area (Å²) in [5.74, 6) is 1.28. The average Bonchev–Trinajstić information content (AvgIpc) is 2.56. The third-order valence-corrected chi connectivity index (χ3v) is 3.98. The maximum Gasteiger partial charge on any atom is 0.211 e. The molecule has 0 saturated carbocycles. The van der Waals surface area contributed by atoms with Crippen LogP contribution in [0.1, 0.15) is 30.9 Å². The molecule has 1 aromatic heterocycles. The smallest absolute Gasteiger partial charge is 0.211 e. The van der Waals surface area contributed by atoms with Crippen molar-refractivity contribution in [3.05, 3.63) is 23.2 Å². The molecule has 1 aromatic rings. The summed E-state index contributed by atoms with van der Waals surface area (Å²) in [4.78, 5) is 0. The minimum Gasteiger partial charge on any atom is -0.466 e. The molecule has 98 valence electrons. The average molecular weight is 261 g/mol. The summed E-state index contributed by atoms with van der Waals surface area (Å²) in [7, 11) is -3.31. The van der Waals surface area contributed by atoms with Gasteiger partial charge in [-0.15, -0.1) is 0 Å². The van der Waals surface area contributed by atoms with Crippen LogP contribution in [0, 0.1) is 13.8 Å². The topological polar surface area (TPSA) is 79.5 Å². The van der Waals surface area contributed by atoms with Gasteiger partial charge in [0.05, 0.1) is 5.75 Å². The van der Waals surface area contributed by atoms with E-state index in [9.17, 15) is 13.5 Å². The van der Waals surface area contributed by atoms with Crippen molar-refractivity contribution < 1.29 is 17.9 Å². The molecule has 0 saturated heterocycles. The highest BCUT2D eigenvalue weighted by molar-refractivity contribution is 7.89. The van der Waals surface area contributed by atoms with Gasteiger partial charge in [-0.3, -0.25) is 0 Å². The second-order valence-corrected chi connectivity index (χ2v) is 6.42. The quantitative estimate of drug-likeness (QED) is 0.830. The normalized spacial score (nSPS) is 15.8. The van der Waals surface area contributed by atoms with Gasteiger partial charge in [0.2, 0.25) is 10.0 Å². The maximum atomic E-state index is 11.3. The summed E-state index contributed by atoms with van der Waals surface area (Å²) in [6, 6.07) is 1.72. The second kappa shape index (κ2) is 4.80. The van der Waals surface area contributed by atoms with E-state index in [0.29, 0.717) is 17.1 Å². The van der Waals surface area contributed by atoms with Crippen LogP contribution in [0.25, 0.3) is 0 Å². The van der Waals surface area contributed by atoms with Crippen molar-refractivity contribution in [3.63, 3.8) is 0 Å². The van der Waals surface area contributed by atoms with Crippen molar-refractivity contribution in [3.8, 4) is 0 Å². The zero-order chi connectivity index (χ0) is 13.3. The molecule has 1 atom stereocenters. The van der Waals surface area contributed by atoms with Gasteiger partial charge in [0.15, 0.2) is 0 Å². The Bertz CT molecular complexity index is 488. The molecule has 5 nitrogen and oxygen atoms in total. The lowest BCUT2D eigenvalue weighted by molar-refractivity contribution is 0.0612. The summed E-state index contributed by atoms with van der Waals surface area (Å²) in [5.41, 5.74) is -0.668. The van der Waals surface area contributed by atoms with Gasteiger partial charge >= 0.3 is 0 Å². The molecular weight excluding hydrogens is 242 g/mol. The highest BCUT2D eigenvalue weighted by Crippen LogP contribution is 2.26. The molecule has 0 amide bonds. The molecule has 1 unspecified atom stereocenters. The van der Waals surface area contributed by atoms with Crippen LogP contribution in [0.5, 0.6) is 0 Å². The molecule has 2 N–H and O–H groups in total. The van der Waals surface area contributed by atoms with Gasteiger partial charge in [-0.25, -0.2) is 13.1 Å². The van der Waals surface area contributed by atoms with Crippen LogP contribution in [0.15, 0.2) is 10.5 Å². The Kier molecular flexibility index (Phi) is 4.01. The Morgan fingerprint density at radius 2 is 2.06 bits per heavy atom. The van der Waals surface area contributed by atoms with Crippen molar-refractivity contribution in [2.24, 2.45) is 0 Å². The molecule has 6 heteroatoms. The Hall–Kier alpha value is -0.850. The molecule has 17 heavy (non-hydrogen) atoms. The predicted molar refractivity (Wildman–Crippen MR) is 65.2 cm³/mol. The van der Waals surface area contributed by atoms with E-state index in [1.54, 1.807) is 33.8 Å². The van der Waals surface area contributed by atoms with Crippen molar-refractivity contribution in [1.29, 1.82) is 0 Å². The number of hydrogen-bond donors (Lipinski definition) is 2. The second-order valence-electron chi connectivity index (χ2n) is 4.33. The molecule has 0 aliphatic rings. The van der Waals surface area contributed by atoms with Crippen molar-refractivity contribution in [2.45, 2.75) is 33.3 Å². The third kappa shape index (κ3) is 3.55. The van der Waals surface area contributed by atoms with Gasteiger partial charge in [0.25, 0.3) is 0 Å². The van der Waals surface area contributed by atoms with Gasteiger partial charge in [0, 0.05) is 12.1 Å². The Labute approximate surface area is 102 Å². The van der Waals surface area contributed by atoms with Gasteiger partial charge in [-0.2, -0.15) is 0 Å². The van der Waals surface area contributed by atoms with Gasteiger partial charge < -0.3 is 9.52 Å². The number of hydrogen-bond acceptors (Lipinski definition) is 4. The van der Waals surface area contributed by atoms with Crippen LogP contribution in [-0.4, -0.2) is 25.8 Å². The molecule has 1 heterocycles. The predicted octanol–water partition coefficient (Wildman–Crippen LogP) is 1.04. The van der Waals surface area contributed by atoms with E-state index in [1.165, 1.54) is 0 Å². The van der Waals surface area contributed by atoms with Crippen molar-refractivity contribution >= 4 is 10.0 Å². The van der Waals surface area contributed by atoms with E-state index in [4.69, 9.17) is 4.42 Å². The SMILES string of the molecule is CCS(=O)(=O)NCC(C)(O)c1cc(C)oc1C. The summed E-state index contributed by atoms with van der Waals surface area (Å²) < 4.78 is 30.3. The maximum absolute atomic E-state index is 11.3. The molecule has 0 radical (unpaired) electrons. The Morgan fingerprint density at radius 3 is 2.47 bits per heavy atom. The first-order valence-corrected chi connectivity index (χ1v) is 7.10. The van der Waals surface area contributed by atoms with E-state index in [0.717, 1.165) is 0 Å². The Balaban J connectivity index is 2.86. The van der Waals surface area contributed by atoms with Crippen molar-refractivity contribution in [1.82, 2.24) is 4.72 Å². The first kappa shape index (κ1) is 14.2. The number of sulfonamides is 1. The first-order valence-electron chi connectivity index (χ1n) is 5.45. The summed E-state index contributed by atoms with van der Waals surface area (Å²) >= 11 is 0. The molecule has 0 bridgehead atoms. The molecule has 0 aliphatic heterocycles. The van der Waals surface area contributed by atoms with E-state index in [-0.39, 0.29) is 12.3 Å². The highest BCUT2D eigenvalue weighted by atomic mass is 32.2. The van der Waals surface area contributed by atoms with Crippen LogP contribution >= 0.6 is 0 Å². The number of aryl methyl sites for hydroxylation is 2. The molecule has 0 aromatic carbocycles. The number of furan rings is 1. The van der Waals surface area contributed by atoms with Crippen LogP contribution < -0.4 is 4.72 Å². The zero-order valence-corrected chi connectivity index (χ0v) is 11.4. The third-order valence-electron chi connectivity index (χ3n) is 2.64. The number of aliphatic hydroxyl groups is 1. The van der Waals surface area contributed by atoms with Gasteiger partial charge in [-0.1, -0.05) is 0 Å².